The highest BCUT2D eigenvalue weighted by molar-refractivity contribution is 7.99. The molecule has 0 radical (unpaired) electrons. The van der Waals surface area contributed by atoms with Gasteiger partial charge in [-0.25, -0.2) is 0 Å². The van der Waals surface area contributed by atoms with Crippen molar-refractivity contribution in [2.75, 3.05) is 10.6 Å². The second-order valence-electron chi connectivity index (χ2n) is 4.86. The van der Waals surface area contributed by atoms with Crippen LogP contribution in [0.1, 0.15) is 0 Å². The summed E-state index contributed by atoms with van der Waals surface area (Å²) in [7, 11) is 0. The molecule has 2 N–H and O–H groups in total. The minimum atomic E-state index is 0.581. The van der Waals surface area contributed by atoms with Crippen LogP contribution in [0.2, 0.25) is 0 Å². The van der Waals surface area contributed by atoms with Crippen molar-refractivity contribution in [1.82, 2.24) is 0 Å². The standard InChI is InChI=1S/C19H16N2S2/c22-19(20-15-9-3-1-4-10-15)21-17-13-7-8-14-18(17)23-16-11-5-2-6-12-16/h1-14H,(H2,20,21,22). The van der Waals surface area contributed by atoms with Gasteiger partial charge in [-0.3, -0.25) is 0 Å². The van der Waals surface area contributed by atoms with Gasteiger partial charge in [0, 0.05) is 15.5 Å². The fourth-order valence-electron chi connectivity index (χ4n) is 2.08. The maximum Gasteiger partial charge on any atom is 0.175 e. The Kier molecular flexibility index (Phi) is 5.29. The van der Waals surface area contributed by atoms with Crippen LogP contribution in [-0.2, 0) is 0 Å². The number of anilines is 2. The molecule has 0 fully saturated rings. The van der Waals surface area contributed by atoms with Crippen molar-refractivity contribution in [3.63, 3.8) is 0 Å². The maximum atomic E-state index is 5.41. The van der Waals surface area contributed by atoms with Crippen molar-refractivity contribution in [2.45, 2.75) is 9.79 Å². The largest absolute Gasteiger partial charge is 0.332 e. The van der Waals surface area contributed by atoms with E-state index in [9.17, 15) is 0 Å². The third-order valence-electron chi connectivity index (χ3n) is 3.14. The molecular weight excluding hydrogens is 320 g/mol. The fraction of sp³-hybridized carbons (Fsp3) is 0. The molecule has 4 heteroatoms. The normalized spacial score (nSPS) is 10.1. The van der Waals surface area contributed by atoms with Crippen molar-refractivity contribution in [3.05, 3.63) is 84.9 Å². The number of rotatable bonds is 4. The first kappa shape index (κ1) is 15.6. The topological polar surface area (TPSA) is 24.1 Å². The Labute approximate surface area is 145 Å². The predicted octanol–water partition coefficient (Wildman–Crippen LogP) is 5.65. The zero-order chi connectivity index (χ0) is 15.9. The van der Waals surface area contributed by atoms with Crippen molar-refractivity contribution in [1.29, 1.82) is 0 Å². The summed E-state index contributed by atoms with van der Waals surface area (Å²) in [6.45, 7) is 0. The van der Waals surface area contributed by atoms with E-state index in [-0.39, 0.29) is 0 Å². The Morgan fingerprint density at radius 2 is 1.30 bits per heavy atom. The molecule has 0 aliphatic carbocycles. The van der Waals surface area contributed by atoms with Crippen LogP contribution in [0.3, 0.4) is 0 Å². The van der Waals surface area contributed by atoms with Crippen LogP contribution >= 0.6 is 24.0 Å². The van der Waals surface area contributed by atoms with Gasteiger partial charge in [-0.1, -0.05) is 60.3 Å². The van der Waals surface area contributed by atoms with Crippen LogP contribution in [0.15, 0.2) is 94.7 Å². The SMILES string of the molecule is S=C(Nc1ccccc1)Nc1ccccc1Sc1ccccc1. The number of para-hydroxylation sites is 2. The molecule has 0 spiro atoms. The minimum Gasteiger partial charge on any atom is -0.332 e. The zero-order valence-electron chi connectivity index (χ0n) is 12.4. The fourth-order valence-corrected chi connectivity index (χ4v) is 3.23. The Morgan fingerprint density at radius 1 is 0.696 bits per heavy atom. The van der Waals surface area contributed by atoms with E-state index in [0.717, 1.165) is 16.3 Å². The molecule has 0 atom stereocenters. The average Bonchev–Trinajstić information content (AvgIpc) is 2.58. The molecule has 23 heavy (non-hydrogen) atoms. The molecule has 3 rings (SSSR count). The average molecular weight is 336 g/mol. The summed E-state index contributed by atoms with van der Waals surface area (Å²) in [4.78, 5) is 2.33. The van der Waals surface area contributed by atoms with Crippen molar-refractivity contribution in [2.24, 2.45) is 0 Å². The maximum absolute atomic E-state index is 5.41. The van der Waals surface area contributed by atoms with E-state index < -0.39 is 0 Å². The highest BCUT2D eigenvalue weighted by Crippen LogP contribution is 2.33. The summed E-state index contributed by atoms with van der Waals surface area (Å²) in [6.07, 6.45) is 0. The van der Waals surface area contributed by atoms with Crippen molar-refractivity contribution in [3.8, 4) is 0 Å². The molecular formula is C19H16N2S2. The molecule has 0 aliphatic rings. The Bertz CT molecular complexity index is 774. The summed E-state index contributed by atoms with van der Waals surface area (Å²) < 4.78 is 0. The lowest BCUT2D eigenvalue weighted by molar-refractivity contribution is 1.40. The molecule has 0 aliphatic heterocycles. The summed E-state index contributed by atoms with van der Waals surface area (Å²) in [5, 5.41) is 7.05. The summed E-state index contributed by atoms with van der Waals surface area (Å²) in [5.74, 6) is 0. The summed E-state index contributed by atoms with van der Waals surface area (Å²) in [6, 6.07) is 28.4. The predicted molar refractivity (Wildman–Crippen MR) is 103 cm³/mol. The first-order chi connectivity index (χ1) is 11.3. The number of hydrogen-bond acceptors (Lipinski definition) is 2. The molecule has 114 valence electrons. The summed E-state index contributed by atoms with van der Waals surface area (Å²) >= 11 is 7.12. The van der Waals surface area contributed by atoms with Gasteiger partial charge in [-0.15, -0.1) is 0 Å². The number of nitrogens with one attached hydrogen (secondary N) is 2. The van der Waals surface area contributed by atoms with Crippen molar-refractivity contribution >= 4 is 40.5 Å². The third-order valence-corrected chi connectivity index (χ3v) is 4.43. The molecule has 0 saturated carbocycles. The molecule has 3 aromatic rings. The van der Waals surface area contributed by atoms with Gasteiger partial charge < -0.3 is 10.6 Å². The lowest BCUT2D eigenvalue weighted by Gasteiger charge is -2.14. The van der Waals surface area contributed by atoms with Gasteiger partial charge >= 0.3 is 0 Å². The van der Waals surface area contributed by atoms with Crippen molar-refractivity contribution < 1.29 is 0 Å². The van der Waals surface area contributed by atoms with Crippen LogP contribution in [0, 0.1) is 0 Å². The van der Waals surface area contributed by atoms with Gasteiger partial charge in [0.25, 0.3) is 0 Å². The van der Waals surface area contributed by atoms with E-state index in [1.54, 1.807) is 11.8 Å². The molecule has 0 aromatic heterocycles. The number of benzene rings is 3. The zero-order valence-corrected chi connectivity index (χ0v) is 14.0. The van der Waals surface area contributed by atoms with Crippen LogP contribution in [0.25, 0.3) is 0 Å². The smallest absolute Gasteiger partial charge is 0.175 e. The lowest BCUT2D eigenvalue weighted by Crippen LogP contribution is -2.19. The van der Waals surface area contributed by atoms with E-state index in [2.05, 4.69) is 28.8 Å². The van der Waals surface area contributed by atoms with Crippen LogP contribution < -0.4 is 10.6 Å². The minimum absolute atomic E-state index is 0.581. The molecule has 0 amide bonds. The van der Waals surface area contributed by atoms with E-state index >= 15 is 0 Å². The van der Waals surface area contributed by atoms with Crippen LogP contribution in [0.4, 0.5) is 11.4 Å². The second kappa shape index (κ2) is 7.81. The van der Waals surface area contributed by atoms with Crippen LogP contribution in [-0.4, -0.2) is 5.11 Å². The quantitative estimate of drug-likeness (QED) is 0.602. The van der Waals surface area contributed by atoms with E-state index in [1.807, 2.05) is 66.7 Å². The van der Waals surface area contributed by atoms with Gasteiger partial charge in [0.05, 0.1) is 5.69 Å². The highest BCUT2D eigenvalue weighted by atomic mass is 32.2. The van der Waals surface area contributed by atoms with Crippen LogP contribution in [0.5, 0.6) is 0 Å². The molecule has 0 heterocycles. The van der Waals surface area contributed by atoms with Gasteiger partial charge in [0.2, 0.25) is 0 Å². The number of thiocarbonyl (C=S) groups is 1. The highest BCUT2D eigenvalue weighted by Gasteiger charge is 2.05. The monoisotopic (exact) mass is 336 g/mol. The Balaban J connectivity index is 1.71. The first-order valence-corrected chi connectivity index (χ1v) is 8.49. The lowest BCUT2D eigenvalue weighted by atomic mass is 10.3. The second-order valence-corrected chi connectivity index (χ2v) is 6.38. The van der Waals surface area contributed by atoms with Gasteiger partial charge in [0.1, 0.15) is 0 Å². The molecule has 2 nitrogen and oxygen atoms in total. The number of hydrogen-bond donors (Lipinski definition) is 2. The Hall–Kier alpha value is -2.30. The van der Waals surface area contributed by atoms with E-state index in [4.69, 9.17) is 12.2 Å². The van der Waals surface area contributed by atoms with E-state index in [0.29, 0.717) is 5.11 Å². The third kappa shape index (κ3) is 4.58. The van der Waals surface area contributed by atoms with Gasteiger partial charge in [-0.2, -0.15) is 0 Å². The molecule has 0 saturated heterocycles. The molecule has 3 aromatic carbocycles. The molecule has 0 unspecified atom stereocenters. The van der Waals surface area contributed by atoms with Gasteiger partial charge in [-0.05, 0) is 48.6 Å². The summed E-state index contributed by atoms with van der Waals surface area (Å²) in [5.41, 5.74) is 1.97. The van der Waals surface area contributed by atoms with E-state index in [1.165, 1.54) is 4.90 Å². The Morgan fingerprint density at radius 3 is 2.04 bits per heavy atom. The first-order valence-electron chi connectivity index (χ1n) is 7.26. The molecule has 0 bridgehead atoms. The van der Waals surface area contributed by atoms with Gasteiger partial charge in [0.15, 0.2) is 5.11 Å².